The van der Waals surface area contributed by atoms with Crippen LogP contribution in [-0.4, -0.2) is 37.0 Å². The molecule has 144 valence electrons. The Kier molecular flexibility index (Phi) is 6.40. The van der Waals surface area contributed by atoms with Gasteiger partial charge in [0.1, 0.15) is 6.61 Å². The lowest BCUT2D eigenvalue weighted by Gasteiger charge is -2.26. The molecule has 1 aromatic rings. The first-order valence-corrected chi connectivity index (χ1v) is 9.39. The zero-order chi connectivity index (χ0) is 19.2. The molecule has 1 amide bonds. The topological polar surface area (TPSA) is 81.7 Å². The number of amides is 1. The molecule has 1 saturated heterocycles. The lowest BCUT2D eigenvalue weighted by atomic mass is 9.82. The number of rotatable bonds is 6. The highest BCUT2D eigenvalue weighted by molar-refractivity contribution is 5.97. The summed E-state index contributed by atoms with van der Waals surface area (Å²) in [5, 5.41) is 2.84. The maximum atomic E-state index is 12.7. The van der Waals surface area contributed by atoms with Crippen LogP contribution < -0.4 is 5.32 Å². The van der Waals surface area contributed by atoms with Gasteiger partial charge in [0.15, 0.2) is 5.78 Å². The van der Waals surface area contributed by atoms with Crippen molar-refractivity contribution in [3.63, 3.8) is 0 Å². The molecule has 1 aromatic carbocycles. The molecule has 0 saturated carbocycles. The van der Waals surface area contributed by atoms with Gasteiger partial charge in [-0.05, 0) is 56.9 Å². The van der Waals surface area contributed by atoms with Gasteiger partial charge in [-0.15, -0.1) is 0 Å². The van der Waals surface area contributed by atoms with Gasteiger partial charge in [0, 0.05) is 17.9 Å². The summed E-state index contributed by atoms with van der Waals surface area (Å²) in [5.74, 6) is -1.55. The Morgan fingerprint density at radius 2 is 1.81 bits per heavy atom. The Bertz CT molecular complexity index is 719. The summed E-state index contributed by atoms with van der Waals surface area (Å²) in [6.45, 7) is 2.45. The van der Waals surface area contributed by atoms with Gasteiger partial charge in [-0.25, -0.2) is 0 Å². The first kappa shape index (κ1) is 19.3. The average Bonchev–Trinajstić information content (AvgIpc) is 3.20. The van der Waals surface area contributed by atoms with Crippen molar-refractivity contribution < 1.29 is 23.9 Å². The quantitative estimate of drug-likeness (QED) is 0.472. The zero-order valence-corrected chi connectivity index (χ0v) is 15.5. The SMILES string of the molecule is CC(=O)c1ccc(NC(=O)[C@@H]2CC=CC[C@@H]2C(=O)OC[C@@H]2CCCO2)cc1. The van der Waals surface area contributed by atoms with Gasteiger partial charge in [0.2, 0.25) is 5.91 Å². The molecule has 1 fully saturated rings. The van der Waals surface area contributed by atoms with Gasteiger partial charge >= 0.3 is 5.97 Å². The molecule has 6 nitrogen and oxygen atoms in total. The monoisotopic (exact) mass is 371 g/mol. The Morgan fingerprint density at radius 3 is 2.44 bits per heavy atom. The van der Waals surface area contributed by atoms with E-state index in [1.165, 1.54) is 6.92 Å². The van der Waals surface area contributed by atoms with E-state index in [0.29, 0.717) is 30.7 Å². The van der Waals surface area contributed by atoms with Crippen LogP contribution >= 0.6 is 0 Å². The van der Waals surface area contributed by atoms with Crippen LogP contribution in [0.5, 0.6) is 0 Å². The largest absolute Gasteiger partial charge is 0.463 e. The molecule has 1 aliphatic carbocycles. The molecule has 0 unspecified atom stereocenters. The lowest BCUT2D eigenvalue weighted by molar-refractivity contribution is -0.155. The standard InChI is InChI=1S/C21H25NO5/c1-14(23)15-8-10-16(11-9-15)22-20(24)18-6-2-3-7-19(18)21(25)27-13-17-5-4-12-26-17/h2-3,8-11,17-19H,4-7,12-13H2,1H3,(H,22,24)/t17-,18+,19-/m0/s1. The van der Waals surface area contributed by atoms with Crippen molar-refractivity contribution in [1.82, 2.24) is 0 Å². The van der Waals surface area contributed by atoms with E-state index in [9.17, 15) is 14.4 Å². The van der Waals surface area contributed by atoms with Crippen molar-refractivity contribution >= 4 is 23.3 Å². The van der Waals surface area contributed by atoms with Crippen LogP contribution in [0.2, 0.25) is 0 Å². The lowest BCUT2D eigenvalue weighted by Crippen LogP contribution is -2.36. The number of Topliss-reactive ketones (excluding diaryl/α,β-unsaturated/α-hetero) is 1. The van der Waals surface area contributed by atoms with Crippen LogP contribution in [-0.2, 0) is 19.1 Å². The number of allylic oxidation sites excluding steroid dienone is 2. The van der Waals surface area contributed by atoms with Crippen molar-refractivity contribution in [2.24, 2.45) is 11.8 Å². The second-order valence-electron chi connectivity index (χ2n) is 7.04. The molecular formula is C21H25NO5. The van der Waals surface area contributed by atoms with Gasteiger partial charge in [0.05, 0.1) is 17.9 Å². The molecule has 2 aliphatic rings. The molecule has 0 spiro atoms. The number of ketones is 1. The van der Waals surface area contributed by atoms with E-state index < -0.39 is 11.8 Å². The molecule has 3 atom stereocenters. The Labute approximate surface area is 158 Å². The fourth-order valence-electron chi connectivity index (χ4n) is 3.45. The summed E-state index contributed by atoms with van der Waals surface area (Å²) in [4.78, 5) is 36.6. The Morgan fingerprint density at radius 1 is 1.11 bits per heavy atom. The van der Waals surface area contributed by atoms with E-state index in [-0.39, 0.29) is 30.4 Å². The molecule has 1 heterocycles. The number of hydrogen-bond acceptors (Lipinski definition) is 5. The minimum Gasteiger partial charge on any atom is -0.463 e. The zero-order valence-electron chi connectivity index (χ0n) is 15.5. The summed E-state index contributed by atoms with van der Waals surface area (Å²) in [6, 6.07) is 6.73. The summed E-state index contributed by atoms with van der Waals surface area (Å²) in [6.07, 6.45) is 6.69. The number of ether oxygens (including phenoxy) is 2. The average molecular weight is 371 g/mol. The van der Waals surface area contributed by atoms with E-state index >= 15 is 0 Å². The molecule has 0 aromatic heterocycles. The number of esters is 1. The van der Waals surface area contributed by atoms with Crippen molar-refractivity contribution in [3.05, 3.63) is 42.0 Å². The van der Waals surface area contributed by atoms with Crippen LogP contribution in [0.4, 0.5) is 5.69 Å². The van der Waals surface area contributed by atoms with E-state index in [4.69, 9.17) is 9.47 Å². The molecule has 0 radical (unpaired) electrons. The molecule has 1 N–H and O–H groups in total. The maximum absolute atomic E-state index is 12.7. The van der Waals surface area contributed by atoms with Gasteiger partial charge in [0.25, 0.3) is 0 Å². The van der Waals surface area contributed by atoms with Crippen molar-refractivity contribution in [1.29, 1.82) is 0 Å². The summed E-state index contributed by atoms with van der Waals surface area (Å²) in [7, 11) is 0. The summed E-state index contributed by atoms with van der Waals surface area (Å²) >= 11 is 0. The third-order valence-corrected chi connectivity index (χ3v) is 5.07. The molecule has 1 aliphatic heterocycles. The van der Waals surface area contributed by atoms with Crippen LogP contribution in [0.3, 0.4) is 0 Å². The third-order valence-electron chi connectivity index (χ3n) is 5.07. The van der Waals surface area contributed by atoms with Crippen LogP contribution in [0.1, 0.15) is 43.0 Å². The van der Waals surface area contributed by atoms with E-state index in [1.807, 2.05) is 12.2 Å². The molecular weight excluding hydrogens is 346 g/mol. The van der Waals surface area contributed by atoms with Gasteiger partial charge in [-0.1, -0.05) is 12.2 Å². The highest BCUT2D eigenvalue weighted by Crippen LogP contribution is 2.28. The number of carbonyl (C=O) groups excluding carboxylic acids is 3. The normalized spacial score (nSPS) is 24.4. The van der Waals surface area contributed by atoms with Gasteiger partial charge in [-0.3, -0.25) is 14.4 Å². The first-order valence-electron chi connectivity index (χ1n) is 9.39. The van der Waals surface area contributed by atoms with E-state index in [2.05, 4.69) is 5.32 Å². The van der Waals surface area contributed by atoms with Crippen molar-refractivity contribution in [2.75, 3.05) is 18.5 Å². The second kappa shape index (κ2) is 8.95. The van der Waals surface area contributed by atoms with Crippen LogP contribution in [0, 0.1) is 11.8 Å². The maximum Gasteiger partial charge on any atom is 0.310 e. The van der Waals surface area contributed by atoms with Crippen molar-refractivity contribution in [3.8, 4) is 0 Å². The smallest absolute Gasteiger partial charge is 0.310 e. The van der Waals surface area contributed by atoms with E-state index in [0.717, 1.165) is 12.8 Å². The minimum atomic E-state index is -0.493. The van der Waals surface area contributed by atoms with Gasteiger partial charge < -0.3 is 14.8 Å². The molecule has 6 heteroatoms. The summed E-state index contributed by atoms with van der Waals surface area (Å²) in [5.41, 5.74) is 1.19. The van der Waals surface area contributed by atoms with Crippen molar-refractivity contribution in [2.45, 2.75) is 38.7 Å². The van der Waals surface area contributed by atoms with Crippen LogP contribution in [0.25, 0.3) is 0 Å². The molecule has 3 rings (SSSR count). The number of benzene rings is 1. The fourth-order valence-corrected chi connectivity index (χ4v) is 3.45. The Hall–Kier alpha value is -2.47. The first-order chi connectivity index (χ1) is 13.0. The summed E-state index contributed by atoms with van der Waals surface area (Å²) < 4.78 is 10.9. The Balaban J connectivity index is 1.59. The minimum absolute atomic E-state index is 0.0276. The number of nitrogens with one attached hydrogen (secondary N) is 1. The molecule has 27 heavy (non-hydrogen) atoms. The fraction of sp³-hybridized carbons (Fsp3) is 0.476. The highest BCUT2D eigenvalue weighted by atomic mass is 16.6. The van der Waals surface area contributed by atoms with E-state index in [1.54, 1.807) is 24.3 Å². The number of hydrogen-bond donors (Lipinski definition) is 1. The predicted molar refractivity (Wildman–Crippen MR) is 100 cm³/mol. The second-order valence-corrected chi connectivity index (χ2v) is 7.04. The number of anilines is 1. The predicted octanol–water partition coefficient (Wildman–Crippen LogP) is 3.13. The molecule has 0 bridgehead atoms. The van der Waals surface area contributed by atoms with Crippen LogP contribution in [0.15, 0.2) is 36.4 Å². The number of carbonyl (C=O) groups is 3. The third kappa shape index (κ3) is 5.04. The highest BCUT2D eigenvalue weighted by Gasteiger charge is 2.35. The van der Waals surface area contributed by atoms with Gasteiger partial charge in [-0.2, -0.15) is 0 Å².